The highest BCUT2D eigenvalue weighted by molar-refractivity contribution is 8.15. The van der Waals surface area contributed by atoms with Crippen molar-refractivity contribution in [2.75, 3.05) is 5.75 Å². The van der Waals surface area contributed by atoms with Gasteiger partial charge in [0.2, 0.25) is 5.91 Å². The number of amides is 2. The first kappa shape index (κ1) is 16.1. The lowest BCUT2D eigenvalue weighted by molar-refractivity contribution is -0.122. The fourth-order valence-corrected chi connectivity index (χ4v) is 2.89. The Bertz CT molecular complexity index is 819. The molecule has 3 rings (SSSR count). The molecule has 1 aliphatic heterocycles. The van der Waals surface area contributed by atoms with Gasteiger partial charge in [0.15, 0.2) is 5.17 Å². The van der Waals surface area contributed by atoms with E-state index in [2.05, 4.69) is 15.2 Å². The molecule has 1 aliphatic rings. The molecule has 1 fully saturated rings. The number of hydrogen-bond donors (Lipinski definition) is 0. The summed E-state index contributed by atoms with van der Waals surface area (Å²) in [5, 5.41) is 8.53. The lowest BCUT2D eigenvalue weighted by Crippen LogP contribution is -2.35. The Labute approximate surface area is 143 Å². The van der Waals surface area contributed by atoms with E-state index in [-0.39, 0.29) is 16.8 Å². The maximum absolute atomic E-state index is 12.5. The van der Waals surface area contributed by atoms with Gasteiger partial charge in [-0.25, -0.2) is 4.90 Å². The fraction of sp³-hybridized carbons (Fsp3) is 0.118. The Morgan fingerprint density at radius 1 is 1.17 bits per heavy atom. The number of rotatable bonds is 3. The molecule has 0 radical (unpaired) electrons. The largest absolute Gasteiger partial charge is 0.273 e. The van der Waals surface area contributed by atoms with Gasteiger partial charge in [-0.3, -0.25) is 14.6 Å². The quantitative estimate of drug-likeness (QED) is 0.490. The molecule has 6 nitrogen and oxygen atoms in total. The molecule has 24 heavy (non-hydrogen) atoms. The highest BCUT2D eigenvalue weighted by Gasteiger charge is 2.34. The normalized spacial score (nSPS) is 16.7. The Kier molecular flexibility index (Phi) is 4.81. The van der Waals surface area contributed by atoms with Gasteiger partial charge in [-0.2, -0.15) is 5.10 Å². The molecule has 2 heterocycles. The zero-order valence-electron chi connectivity index (χ0n) is 12.9. The van der Waals surface area contributed by atoms with Crippen LogP contribution in [0.3, 0.4) is 0 Å². The first-order valence-electron chi connectivity index (χ1n) is 7.24. The smallest absolute Gasteiger partial charge is 0.266 e. The predicted molar refractivity (Wildman–Crippen MR) is 94.0 cm³/mol. The van der Waals surface area contributed by atoms with E-state index < -0.39 is 5.91 Å². The van der Waals surface area contributed by atoms with Crippen LogP contribution in [0.4, 0.5) is 0 Å². The van der Waals surface area contributed by atoms with Gasteiger partial charge in [-0.1, -0.05) is 36.0 Å². The van der Waals surface area contributed by atoms with Gasteiger partial charge in [0.25, 0.3) is 5.91 Å². The molecule has 2 amide bonds. The minimum Gasteiger partial charge on any atom is -0.273 e. The number of imide groups is 1. The summed E-state index contributed by atoms with van der Waals surface area (Å²) in [7, 11) is 0. The molecule has 1 aromatic heterocycles. The minimum atomic E-state index is -0.390. The van der Waals surface area contributed by atoms with Crippen LogP contribution < -0.4 is 0 Å². The number of carbonyl (C=O) groups is 2. The molecule has 120 valence electrons. The Balaban J connectivity index is 1.87. The summed E-state index contributed by atoms with van der Waals surface area (Å²) in [6.07, 6.45) is 3.35. The van der Waals surface area contributed by atoms with Crippen molar-refractivity contribution in [2.24, 2.45) is 10.2 Å². The van der Waals surface area contributed by atoms with Crippen LogP contribution in [0.25, 0.3) is 0 Å². The summed E-state index contributed by atoms with van der Waals surface area (Å²) in [6.45, 7) is 1.80. The lowest BCUT2D eigenvalue weighted by Gasteiger charge is -2.13. The third-order valence-electron chi connectivity index (χ3n) is 3.35. The van der Waals surface area contributed by atoms with Gasteiger partial charge in [0, 0.05) is 23.5 Å². The second kappa shape index (κ2) is 7.18. The monoisotopic (exact) mass is 338 g/mol. The van der Waals surface area contributed by atoms with Crippen molar-refractivity contribution in [3.63, 3.8) is 0 Å². The van der Waals surface area contributed by atoms with Gasteiger partial charge in [0.1, 0.15) is 0 Å². The van der Waals surface area contributed by atoms with Crippen LogP contribution in [0.1, 0.15) is 22.8 Å². The highest BCUT2D eigenvalue weighted by atomic mass is 32.2. The number of pyridine rings is 1. The van der Waals surface area contributed by atoms with Crippen LogP contribution in [0.2, 0.25) is 0 Å². The molecular formula is C17H14N4O2S. The molecule has 7 heteroatoms. The molecule has 0 N–H and O–H groups in total. The van der Waals surface area contributed by atoms with E-state index in [1.165, 1.54) is 11.8 Å². The molecule has 0 saturated carbocycles. The molecule has 2 aromatic rings. The van der Waals surface area contributed by atoms with Gasteiger partial charge in [0.05, 0.1) is 11.5 Å². The van der Waals surface area contributed by atoms with Crippen LogP contribution in [-0.4, -0.2) is 38.3 Å². The molecule has 0 spiro atoms. The predicted octanol–water partition coefficient (Wildman–Crippen LogP) is 2.58. The zero-order valence-corrected chi connectivity index (χ0v) is 13.7. The number of carbonyl (C=O) groups excluding carboxylic acids is 2. The Morgan fingerprint density at radius 3 is 2.62 bits per heavy atom. The number of aromatic nitrogens is 1. The second-order valence-corrected chi connectivity index (χ2v) is 5.94. The van der Waals surface area contributed by atoms with Gasteiger partial charge in [-0.05, 0) is 25.1 Å². The molecular weight excluding hydrogens is 324 g/mol. The van der Waals surface area contributed by atoms with Crippen molar-refractivity contribution in [1.29, 1.82) is 0 Å². The summed E-state index contributed by atoms with van der Waals surface area (Å²) in [5.74, 6) is -0.501. The van der Waals surface area contributed by atoms with E-state index >= 15 is 0 Å². The SMILES string of the molecule is C/C(=N/N=C1/SCC(=O)N1C(=O)c1ccccc1)c1cccnc1. The second-order valence-electron chi connectivity index (χ2n) is 5.00. The van der Waals surface area contributed by atoms with E-state index in [1.807, 2.05) is 12.1 Å². The van der Waals surface area contributed by atoms with E-state index in [4.69, 9.17) is 0 Å². The van der Waals surface area contributed by atoms with Crippen molar-refractivity contribution in [1.82, 2.24) is 9.88 Å². The van der Waals surface area contributed by atoms with Crippen molar-refractivity contribution < 1.29 is 9.59 Å². The summed E-state index contributed by atoms with van der Waals surface area (Å²) in [4.78, 5) is 29.7. The number of amidine groups is 1. The van der Waals surface area contributed by atoms with E-state index in [0.717, 1.165) is 10.5 Å². The molecule has 0 aliphatic carbocycles. The van der Waals surface area contributed by atoms with Crippen molar-refractivity contribution >= 4 is 34.5 Å². The maximum Gasteiger partial charge on any atom is 0.266 e. The maximum atomic E-state index is 12.5. The van der Waals surface area contributed by atoms with Gasteiger partial charge >= 0.3 is 0 Å². The standard InChI is InChI=1S/C17H14N4O2S/c1-12(14-8-5-9-18-10-14)19-20-17-21(15(22)11-24-17)16(23)13-6-3-2-4-7-13/h2-10H,11H2,1H3/b19-12-,20-17+. The molecule has 1 saturated heterocycles. The van der Waals surface area contributed by atoms with E-state index in [1.54, 1.807) is 49.6 Å². The molecule has 1 aromatic carbocycles. The van der Waals surface area contributed by atoms with Crippen LogP contribution in [0, 0.1) is 0 Å². The first-order valence-corrected chi connectivity index (χ1v) is 8.23. The Morgan fingerprint density at radius 2 is 1.92 bits per heavy atom. The number of thioether (sulfide) groups is 1. The summed E-state index contributed by atoms with van der Waals surface area (Å²) in [5.41, 5.74) is 1.92. The fourth-order valence-electron chi connectivity index (χ4n) is 2.10. The van der Waals surface area contributed by atoms with Gasteiger partial charge < -0.3 is 0 Å². The lowest BCUT2D eigenvalue weighted by atomic mass is 10.2. The summed E-state index contributed by atoms with van der Waals surface area (Å²) < 4.78 is 0. The van der Waals surface area contributed by atoms with Gasteiger partial charge in [-0.15, -0.1) is 5.10 Å². The average molecular weight is 338 g/mol. The van der Waals surface area contributed by atoms with Crippen LogP contribution in [-0.2, 0) is 4.79 Å². The third-order valence-corrected chi connectivity index (χ3v) is 4.27. The highest BCUT2D eigenvalue weighted by Crippen LogP contribution is 2.22. The minimum absolute atomic E-state index is 0.179. The van der Waals surface area contributed by atoms with Crippen molar-refractivity contribution in [3.05, 3.63) is 66.0 Å². The topological polar surface area (TPSA) is 75.0 Å². The van der Waals surface area contributed by atoms with E-state index in [0.29, 0.717) is 11.3 Å². The average Bonchev–Trinajstić information content (AvgIpc) is 3.01. The van der Waals surface area contributed by atoms with E-state index in [9.17, 15) is 9.59 Å². The third kappa shape index (κ3) is 3.41. The number of nitrogens with zero attached hydrogens (tertiary/aromatic N) is 4. The summed E-state index contributed by atoms with van der Waals surface area (Å²) in [6, 6.07) is 12.3. The number of hydrogen-bond acceptors (Lipinski definition) is 6. The molecule has 0 bridgehead atoms. The molecule has 0 unspecified atom stereocenters. The molecule has 0 atom stereocenters. The van der Waals surface area contributed by atoms with Crippen molar-refractivity contribution in [3.8, 4) is 0 Å². The first-order chi connectivity index (χ1) is 11.7. The summed E-state index contributed by atoms with van der Waals surface area (Å²) >= 11 is 1.20. The number of benzene rings is 1. The van der Waals surface area contributed by atoms with Crippen LogP contribution >= 0.6 is 11.8 Å². The van der Waals surface area contributed by atoms with Crippen LogP contribution in [0.15, 0.2) is 65.1 Å². The zero-order chi connectivity index (χ0) is 16.9. The Hall–Kier alpha value is -2.80. The van der Waals surface area contributed by atoms with Crippen molar-refractivity contribution in [2.45, 2.75) is 6.92 Å². The van der Waals surface area contributed by atoms with Crippen LogP contribution in [0.5, 0.6) is 0 Å².